The molecule has 0 aliphatic rings. The second kappa shape index (κ2) is 6.17. The number of rotatable bonds is 4. The zero-order valence-electron chi connectivity index (χ0n) is 11.2. The fraction of sp³-hybridized carbons (Fsp3) is 0.333. The molecule has 2 aromatic rings. The van der Waals surface area contributed by atoms with Crippen molar-refractivity contribution in [2.24, 2.45) is 5.92 Å². The van der Waals surface area contributed by atoms with E-state index in [0.29, 0.717) is 11.1 Å². The molecule has 114 valence electrons. The van der Waals surface area contributed by atoms with Gasteiger partial charge >= 0.3 is 6.18 Å². The van der Waals surface area contributed by atoms with E-state index in [1.54, 1.807) is 18.4 Å². The maximum atomic E-state index is 12.5. The molecule has 21 heavy (non-hydrogen) atoms. The number of halogens is 3. The van der Waals surface area contributed by atoms with Crippen LogP contribution in [0.2, 0.25) is 0 Å². The minimum atomic E-state index is -4.40. The summed E-state index contributed by atoms with van der Waals surface area (Å²) >= 11 is 1.43. The minimum Gasteiger partial charge on any atom is -0.388 e. The second-order valence-electron chi connectivity index (χ2n) is 4.93. The first-order valence-electron chi connectivity index (χ1n) is 6.36. The van der Waals surface area contributed by atoms with Gasteiger partial charge < -0.3 is 10.2 Å². The van der Waals surface area contributed by atoms with Crippen molar-refractivity contribution in [3.05, 3.63) is 57.8 Å². The Bertz CT molecular complexity index is 564. The number of hydrogen-bond donors (Lipinski definition) is 2. The van der Waals surface area contributed by atoms with Crippen molar-refractivity contribution in [2.75, 3.05) is 0 Å². The summed E-state index contributed by atoms with van der Waals surface area (Å²) < 4.78 is 37.5. The van der Waals surface area contributed by atoms with Crippen LogP contribution in [0.5, 0.6) is 0 Å². The van der Waals surface area contributed by atoms with Gasteiger partial charge in [0.25, 0.3) is 0 Å². The van der Waals surface area contributed by atoms with E-state index in [-0.39, 0.29) is 0 Å². The first-order valence-corrected chi connectivity index (χ1v) is 7.30. The minimum absolute atomic E-state index is 0.352. The van der Waals surface area contributed by atoms with E-state index in [9.17, 15) is 23.4 Å². The predicted octanol–water partition coefficient (Wildman–Crippen LogP) is 4.17. The van der Waals surface area contributed by atoms with Crippen LogP contribution in [0.25, 0.3) is 0 Å². The SMILES string of the molecule is C[C@@H]([C@H](O)c1ccc(C(F)(F)F)cc1)[C@H](O)c1ccsc1. The summed E-state index contributed by atoms with van der Waals surface area (Å²) in [5.41, 5.74) is 0.285. The molecule has 1 aromatic carbocycles. The molecule has 0 radical (unpaired) electrons. The number of aliphatic hydroxyl groups is 2. The number of benzene rings is 1. The lowest BCUT2D eigenvalue weighted by Gasteiger charge is -2.24. The molecule has 1 heterocycles. The Morgan fingerprint density at radius 2 is 1.52 bits per heavy atom. The third-order valence-corrected chi connectivity index (χ3v) is 4.16. The zero-order chi connectivity index (χ0) is 15.6. The van der Waals surface area contributed by atoms with Crippen molar-refractivity contribution in [3.8, 4) is 0 Å². The van der Waals surface area contributed by atoms with Gasteiger partial charge in [-0.3, -0.25) is 0 Å². The van der Waals surface area contributed by atoms with Crippen LogP contribution in [-0.4, -0.2) is 10.2 Å². The van der Waals surface area contributed by atoms with Gasteiger partial charge in [0, 0.05) is 5.92 Å². The molecule has 3 atom stereocenters. The molecule has 0 aliphatic carbocycles. The summed E-state index contributed by atoms with van der Waals surface area (Å²) in [6, 6.07) is 6.10. The average Bonchev–Trinajstić information content (AvgIpc) is 2.98. The summed E-state index contributed by atoms with van der Waals surface area (Å²) in [5, 5.41) is 24.0. The van der Waals surface area contributed by atoms with Crippen molar-refractivity contribution >= 4 is 11.3 Å². The summed E-state index contributed by atoms with van der Waals surface area (Å²) in [7, 11) is 0. The first kappa shape index (κ1) is 16.0. The Labute approximate surface area is 124 Å². The fourth-order valence-corrected chi connectivity index (χ4v) is 2.78. The van der Waals surface area contributed by atoms with E-state index in [1.165, 1.54) is 23.5 Å². The first-order chi connectivity index (χ1) is 9.80. The topological polar surface area (TPSA) is 40.5 Å². The zero-order valence-corrected chi connectivity index (χ0v) is 12.0. The fourth-order valence-electron chi connectivity index (χ4n) is 2.09. The molecular weight excluding hydrogens is 301 g/mol. The van der Waals surface area contributed by atoms with Crippen LogP contribution in [0.3, 0.4) is 0 Å². The lowest BCUT2D eigenvalue weighted by molar-refractivity contribution is -0.137. The van der Waals surface area contributed by atoms with E-state index in [1.807, 2.05) is 5.38 Å². The van der Waals surface area contributed by atoms with Gasteiger partial charge in [-0.05, 0) is 40.1 Å². The highest BCUT2D eigenvalue weighted by molar-refractivity contribution is 7.07. The van der Waals surface area contributed by atoms with E-state index in [2.05, 4.69) is 0 Å². The molecule has 0 spiro atoms. The lowest BCUT2D eigenvalue weighted by atomic mass is 9.89. The predicted molar refractivity (Wildman–Crippen MR) is 74.8 cm³/mol. The number of aliphatic hydroxyl groups excluding tert-OH is 2. The Morgan fingerprint density at radius 1 is 0.952 bits per heavy atom. The van der Waals surface area contributed by atoms with E-state index < -0.39 is 29.9 Å². The van der Waals surface area contributed by atoms with Crippen molar-refractivity contribution in [1.82, 2.24) is 0 Å². The molecule has 0 aliphatic heterocycles. The third-order valence-electron chi connectivity index (χ3n) is 3.46. The Kier molecular flexibility index (Phi) is 4.70. The highest BCUT2D eigenvalue weighted by Crippen LogP contribution is 2.35. The van der Waals surface area contributed by atoms with Crippen LogP contribution in [0.1, 0.15) is 35.8 Å². The maximum absolute atomic E-state index is 12.5. The van der Waals surface area contributed by atoms with E-state index >= 15 is 0 Å². The van der Waals surface area contributed by atoms with Gasteiger partial charge in [-0.15, -0.1) is 0 Å². The number of thiophene rings is 1. The van der Waals surface area contributed by atoms with Gasteiger partial charge in [-0.2, -0.15) is 24.5 Å². The third kappa shape index (κ3) is 3.64. The standard InChI is InChI=1S/C15H15F3O2S/c1-9(14(20)11-6-7-21-8-11)13(19)10-2-4-12(5-3-10)15(16,17)18/h2-9,13-14,19-20H,1H3/t9-,13-,14-/m0/s1. The summed E-state index contributed by atoms with van der Waals surface area (Å²) in [6.07, 6.45) is -6.30. The normalized spacial score (nSPS) is 16.5. The Hall–Kier alpha value is -1.37. The molecule has 1 aromatic heterocycles. The van der Waals surface area contributed by atoms with Crippen molar-refractivity contribution < 1.29 is 23.4 Å². The van der Waals surface area contributed by atoms with Gasteiger partial charge in [0.15, 0.2) is 0 Å². The maximum Gasteiger partial charge on any atom is 0.416 e. The molecule has 0 bridgehead atoms. The Balaban J connectivity index is 2.14. The smallest absolute Gasteiger partial charge is 0.388 e. The van der Waals surface area contributed by atoms with Crippen LogP contribution in [0.15, 0.2) is 41.1 Å². The molecule has 0 amide bonds. The van der Waals surface area contributed by atoms with Crippen molar-refractivity contribution in [3.63, 3.8) is 0 Å². The van der Waals surface area contributed by atoms with Crippen LogP contribution in [-0.2, 0) is 6.18 Å². The molecule has 0 fully saturated rings. The van der Waals surface area contributed by atoms with Gasteiger partial charge in [0.1, 0.15) is 0 Å². The van der Waals surface area contributed by atoms with Gasteiger partial charge in [0.2, 0.25) is 0 Å². The molecule has 0 saturated heterocycles. The largest absolute Gasteiger partial charge is 0.416 e. The monoisotopic (exact) mass is 316 g/mol. The van der Waals surface area contributed by atoms with Crippen LogP contribution < -0.4 is 0 Å². The molecule has 0 unspecified atom stereocenters. The van der Waals surface area contributed by atoms with Crippen molar-refractivity contribution in [2.45, 2.75) is 25.3 Å². The van der Waals surface area contributed by atoms with Crippen molar-refractivity contribution in [1.29, 1.82) is 0 Å². The number of hydrogen-bond acceptors (Lipinski definition) is 3. The molecule has 2 N–H and O–H groups in total. The van der Waals surface area contributed by atoms with Gasteiger partial charge in [-0.25, -0.2) is 0 Å². The molecule has 6 heteroatoms. The average molecular weight is 316 g/mol. The van der Waals surface area contributed by atoms with E-state index in [4.69, 9.17) is 0 Å². The van der Waals surface area contributed by atoms with Gasteiger partial charge in [-0.1, -0.05) is 19.1 Å². The van der Waals surface area contributed by atoms with E-state index in [0.717, 1.165) is 12.1 Å². The quantitative estimate of drug-likeness (QED) is 0.889. The molecule has 0 saturated carbocycles. The van der Waals surface area contributed by atoms with Crippen LogP contribution >= 0.6 is 11.3 Å². The molecule has 2 rings (SSSR count). The van der Waals surface area contributed by atoms with Crippen LogP contribution in [0, 0.1) is 5.92 Å². The summed E-state index contributed by atoms with van der Waals surface area (Å²) in [6.45, 7) is 1.66. The molecular formula is C15H15F3O2S. The lowest BCUT2D eigenvalue weighted by Crippen LogP contribution is -2.17. The Morgan fingerprint density at radius 3 is 2.00 bits per heavy atom. The number of alkyl halides is 3. The second-order valence-corrected chi connectivity index (χ2v) is 5.71. The summed E-state index contributed by atoms with van der Waals surface area (Å²) in [4.78, 5) is 0. The van der Waals surface area contributed by atoms with Crippen LogP contribution in [0.4, 0.5) is 13.2 Å². The molecule has 2 nitrogen and oxygen atoms in total. The highest BCUT2D eigenvalue weighted by Gasteiger charge is 2.31. The summed E-state index contributed by atoms with van der Waals surface area (Å²) in [5.74, 6) is -0.531. The highest BCUT2D eigenvalue weighted by atomic mass is 32.1. The van der Waals surface area contributed by atoms with Gasteiger partial charge in [0.05, 0.1) is 17.8 Å².